The van der Waals surface area contributed by atoms with Crippen LogP contribution in [0.1, 0.15) is 25.0 Å². The Bertz CT molecular complexity index is 786. The van der Waals surface area contributed by atoms with Crippen molar-refractivity contribution in [2.24, 2.45) is 5.92 Å². The van der Waals surface area contributed by atoms with Crippen molar-refractivity contribution >= 4 is 17.8 Å². The minimum absolute atomic E-state index is 0.0889. The smallest absolute Gasteiger partial charge is 0.269 e. The maximum atomic E-state index is 10.7. The first-order valence-corrected chi connectivity index (χ1v) is 8.85. The summed E-state index contributed by atoms with van der Waals surface area (Å²) < 4.78 is 17.1. The fourth-order valence-corrected chi connectivity index (χ4v) is 2.61. The van der Waals surface area contributed by atoms with Crippen LogP contribution in [0.4, 0.5) is 5.69 Å². The van der Waals surface area contributed by atoms with Gasteiger partial charge in [-0.3, -0.25) is 10.1 Å². The lowest BCUT2D eigenvalue weighted by Gasteiger charge is -2.34. The van der Waals surface area contributed by atoms with E-state index in [1.54, 1.807) is 12.1 Å². The third-order valence-electron chi connectivity index (χ3n) is 4.27. The predicted molar refractivity (Wildman–Crippen MR) is 103 cm³/mol. The van der Waals surface area contributed by atoms with E-state index in [-0.39, 0.29) is 11.6 Å². The van der Waals surface area contributed by atoms with E-state index < -0.39 is 10.7 Å². The van der Waals surface area contributed by atoms with Crippen LogP contribution in [0.25, 0.3) is 12.2 Å². The summed E-state index contributed by atoms with van der Waals surface area (Å²) in [5, 5.41) is 10.7. The highest BCUT2D eigenvalue weighted by Gasteiger charge is 2.28. The van der Waals surface area contributed by atoms with Crippen LogP contribution in [-0.2, 0) is 9.47 Å². The lowest BCUT2D eigenvalue weighted by Crippen LogP contribution is -2.41. The molecular formula is C21H23NO5. The van der Waals surface area contributed by atoms with Crippen molar-refractivity contribution in [3.8, 4) is 5.75 Å². The monoisotopic (exact) mass is 369 g/mol. The van der Waals surface area contributed by atoms with Gasteiger partial charge in [-0.05, 0) is 49.2 Å². The second kappa shape index (κ2) is 8.33. The zero-order chi connectivity index (χ0) is 19.3. The molecule has 1 heterocycles. The van der Waals surface area contributed by atoms with E-state index in [1.165, 1.54) is 12.1 Å². The van der Waals surface area contributed by atoms with Crippen LogP contribution in [0.2, 0.25) is 0 Å². The Kier molecular flexibility index (Phi) is 5.88. The molecule has 0 bridgehead atoms. The van der Waals surface area contributed by atoms with Crippen molar-refractivity contribution < 1.29 is 19.1 Å². The molecular weight excluding hydrogens is 346 g/mol. The number of hydrogen-bond donors (Lipinski definition) is 0. The summed E-state index contributed by atoms with van der Waals surface area (Å²) in [6.45, 7) is 5.63. The lowest BCUT2D eigenvalue weighted by molar-refractivity contribution is -0.384. The molecule has 0 saturated carbocycles. The lowest BCUT2D eigenvalue weighted by atomic mass is 10.1. The van der Waals surface area contributed by atoms with Crippen molar-refractivity contribution in [3.05, 3.63) is 69.8 Å². The summed E-state index contributed by atoms with van der Waals surface area (Å²) in [5.41, 5.74) is 2.01. The molecule has 0 atom stereocenters. The van der Waals surface area contributed by atoms with E-state index in [1.807, 2.05) is 50.3 Å². The molecule has 6 nitrogen and oxygen atoms in total. The SMILES string of the molecule is CC1(C)OCC(COc2ccc(/C=C/c3ccc([N+](=O)[O-])cc3)cc2)CO1. The fourth-order valence-electron chi connectivity index (χ4n) is 2.61. The van der Waals surface area contributed by atoms with Crippen LogP contribution in [0, 0.1) is 16.0 Å². The molecule has 6 heteroatoms. The van der Waals surface area contributed by atoms with Gasteiger partial charge in [-0.2, -0.15) is 0 Å². The average Bonchev–Trinajstić information content (AvgIpc) is 2.66. The van der Waals surface area contributed by atoms with E-state index in [2.05, 4.69) is 0 Å². The summed E-state index contributed by atoms with van der Waals surface area (Å²) in [7, 11) is 0. The number of nitro groups is 1. The third-order valence-corrected chi connectivity index (χ3v) is 4.27. The molecule has 0 aliphatic carbocycles. The zero-order valence-corrected chi connectivity index (χ0v) is 15.5. The first kappa shape index (κ1) is 19.1. The normalized spacial score (nSPS) is 17.1. The first-order valence-electron chi connectivity index (χ1n) is 8.85. The quantitative estimate of drug-likeness (QED) is 0.425. The van der Waals surface area contributed by atoms with Gasteiger partial charge in [0.15, 0.2) is 5.79 Å². The Morgan fingerprint density at radius 3 is 2.07 bits per heavy atom. The molecule has 2 aromatic carbocycles. The summed E-state index contributed by atoms with van der Waals surface area (Å²) in [4.78, 5) is 10.3. The Balaban J connectivity index is 1.50. The molecule has 142 valence electrons. The van der Waals surface area contributed by atoms with Crippen LogP contribution in [0.5, 0.6) is 5.75 Å². The van der Waals surface area contributed by atoms with E-state index in [4.69, 9.17) is 14.2 Å². The zero-order valence-electron chi connectivity index (χ0n) is 15.5. The second-order valence-electron chi connectivity index (χ2n) is 6.95. The number of nitrogens with zero attached hydrogens (tertiary/aromatic N) is 1. The average molecular weight is 369 g/mol. The summed E-state index contributed by atoms with van der Waals surface area (Å²) in [6.07, 6.45) is 3.87. The van der Waals surface area contributed by atoms with Gasteiger partial charge >= 0.3 is 0 Å². The summed E-state index contributed by atoms with van der Waals surface area (Å²) in [6, 6.07) is 14.2. The predicted octanol–water partition coefficient (Wildman–Crippen LogP) is 4.54. The maximum Gasteiger partial charge on any atom is 0.269 e. The Hall–Kier alpha value is -2.70. The number of benzene rings is 2. The minimum atomic E-state index is -0.506. The van der Waals surface area contributed by atoms with Crippen molar-refractivity contribution in [1.29, 1.82) is 0 Å². The first-order chi connectivity index (χ1) is 12.9. The van der Waals surface area contributed by atoms with Crippen LogP contribution >= 0.6 is 0 Å². The van der Waals surface area contributed by atoms with E-state index in [0.717, 1.165) is 16.9 Å². The van der Waals surface area contributed by atoms with Crippen LogP contribution in [0.3, 0.4) is 0 Å². The summed E-state index contributed by atoms with van der Waals surface area (Å²) >= 11 is 0. The highest BCUT2D eigenvalue weighted by Crippen LogP contribution is 2.22. The topological polar surface area (TPSA) is 70.8 Å². The van der Waals surface area contributed by atoms with Crippen molar-refractivity contribution in [1.82, 2.24) is 0 Å². The van der Waals surface area contributed by atoms with Gasteiger partial charge in [0.2, 0.25) is 0 Å². The Labute approximate surface area is 158 Å². The molecule has 0 aromatic heterocycles. The van der Waals surface area contributed by atoms with E-state index in [0.29, 0.717) is 19.8 Å². The van der Waals surface area contributed by atoms with Gasteiger partial charge in [-0.15, -0.1) is 0 Å². The molecule has 1 saturated heterocycles. The van der Waals surface area contributed by atoms with Gasteiger partial charge in [0.25, 0.3) is 5.69 Å². The van der Waals surface area contributed by atoms with Gasteiger partial charge in [0, 0.05) is 18.1 Å². The number of rotatable bonds is 6. The van der Waals surface area contributed by atoms with Gasteiger partial charge in [-0.25, -0.2) is 0 Å². The molecule has 1 fully saturated rings. The molecule has 0 spiro atoms. The largest absolute Gasteiger partial charge is 0.493 e. The Morgan fingerprint density at radius 2 is 1.56 bits per heavy atom. The minimum Gasteiger partial charge on any atom is -0.493 e. The van der Waals surface area contributed by atoms with Crippen molar-refractivity contribution in [2.75, 3.05) is 19.8 Å². The van der Waals surface area contributed by atoms with Crippen molar-refractivity contribution in [3.63, 3.8) is 0 Å². The second-order valence-corrected chi connectivity index (χ2v) is 6.95. The highest BCUT2D eigenvalue weighted by molar-refractivity contribution is 5.70. The fraction of sp³-hybridized carbons (Fsp3) is 0.333. The van der Waals surface area contributed by atoms with E-state index >= 15 is 0 Å². The van der Waals surface area contributed by atoms with Crippen LogP contribution in [0.15, 0.2) is 48.5 Å². The van der Waals surface area contributed by atoms with Gasteiger partial charge < -0.3 is 14.2 Å². The molecule has 0 unspecified atom stereocenters. The number of nitro benzene ring substituents is 1. The number of hydrogen-bond acceptors (Lipinski definition) is 5. The Morgan fingerprint density at radius 1 is 1.04 bits per heavy atom. The molecule has 0 amide bonds. The molecule has 27 heavy (non-hydrogen) atoms. The number of ether oxygens (including phenoxy) is 3. The van der Waals surface area contributed by atoms with Crippen molar-refractivity contribution in [2.45, 2.75) is 19.6 Å². The molecule has 0 radical (unpaired) electrons. The van der Waals surface area contributed by atoms with Gasteiger partial charge in [0.05, 0.1) is 24.7 Å². The molecule has 3 rings (SSSR count). The third kappa shape index (κ3) is 5.64. The van der Waals surface area contributed by atoms with Gasteiger partial charge in [0.1, 0.15) is 5.75 Å². The maximum absolute atomic E-state index is 10.7. The van der Waals surface area contributed by atoms with Gasteiger partial charge in [-0.1, -0.05) is 24.3 Å². The van der Waals surface area contributed by atoms with Crippen LogP contribution < -0.4 is 4.74 Å². The van der Waals surface area contributed by atoms with Crippen LogP contribution in [-0.4, -0.2) is 30.5 Å². The summed E-state index contributed by atoms with van der Waals surface area (Å²) in [5.74, 6) is 0.515. The molecule has 1 aliphatic heterocycles. The molecule has 1 aliphatic rings. The molecule has 2 aromatic rings. The highest BCUT2D eigenvalue weighted by atomic mass is 16.7. The molecule has 0 N–H and O–H groups in total. The number of non-ortho nitro benzene ring substituents is 1. The standard InChI is InChI=1S/C21H23NO5/c1-21(2)26-14-18(15-27-21)13-25-20-11-7-17(8-12-20)4-3-16-5-9-19(10-6-16)22(23)24/h3-12,18H,13-15H2,1-2H3/b4-3+. The van der Waals surface area contributed by atoms with E-state index in [9.17, 15) is 10.1 Å².